The zero-order chi connectivity index (χ0) is 18.9. The number of hydrogen-bond donors (Lipinski definition) is 5. The zero-order valence-electron chi connectivity index (χ0n) is 14.5. The first-order chi connectivity index (χ1) is 12.5. The third kappa shape index (κ3) is 5.78. The van der Waals surface area contributed by atoms with E-state index in [2.05, 4.69) is 15.6 Å². The number of aromatic nitrogens is 1. The van der Waals surface area contributed by atoms with Crippen molar-refractivity contribution in [1.82, 2.24) is 15.6 Å². The topological polar surface area (TPSA) is 147 Å². The molecule has 1 amide bonds. The SMILES string of the molecule is N=C(N)NCCC[C@H](NC(=O)CCCN)C(=O)c1nc2ccccc2s1. The number of guanidine groups is 1. The molecule has 0 spiro atoms. The van der Waals surface area contributed by atoms with E-state index in [0.29, 0.717) is 37.4 Å². The molecule has 140 valence electrons. The van der Waals surface area contributed by atoms with Gasteiger partial charge in [0.2, 0.25) is 11.7 Å². The van der Waals surface area contributed by atoms with E-state index in [9.17, 15) is 9.59 Å². The van der Waals surface area contributed by atoms with Crippen LogP contribution in [0.15, 0.2) is 24.3 Å². The number of thiazole rings is 1. The van der Waals surface area contributed by atoms with Gasteiger partial charge in [-0.2, -0.15) is 0 Å². The van der Waals surface area contributed by atoms with Crippen molar-refractivity contribution in [1.29, 1.82) is 5.41 Å². The number of benzene rings is 1. The molecule has 1 aromatic heterocycles. The maximum Gasteiger partial charge on any atom is 0.220 e. The van der Waals surface area contributed by atoms with Gasteiger partial charge in [-0.25, -0.2) is 4.98 Å². The molecule has 0 aliphatic heterocycles. The van der Waals surface area contributed by atoms with Crippen molar-refractivity contribution in [2.75, 3.05) is 13.1 Å². The summed E-state index contributed by atoms with van der Waals surface area (Å²) in [5.41, 5.74) is 11.5. The zero-order valence-corrected chi connectivity index (χ0v) is 15.3. The summed E-state index contributed by atoms with van der Waals surface area (Å²) >= 11 is 1.32. The number of amides is 1. The number of fused-ring (bicyclic) bond motifs is 1. The van der Waals surface area contributed by atoms with Gasteiger partial charge in [0, 0.05) is 13.0 Å². The Balaban J connectivity index is 2.07. The number of Topliss-reactive ketones (excluding diaryl/α,β-unsaturated/α-hetero) is 1. The largest absolute Gasteiger partial charge is 0.370 e. The van der Waals surface area contributed by atoms with Crippen LogP contribution < -0.4 is 22.1 Å². The summed E-state index contributed by atoms with van der Waals surface area (Å²) in [7, 11) is 0. The Kier molecular flexibility index (Phi) is 7.49. The molecular formula is C17H24N6O2S. The second kappa shape index (κ2) is 9.83. The molecular weight excluding hydrogens is 352 g/mol. The van der Waals surface area contributed by atoms with Gasteiger partial charge in [-0.1, -0.05) is 12.1 Å². The van der Waals surface area contributed by atoms with Crippen molar-refractivity contribution in [3.8, 4) is 0 Å². The fourth-order valence-corrected chi connectivity index (χ4v) is 3.41. The lowest BCUT2D eigenvalue weighted by atomic mass is 10.1. The fraction of sp³-hybridized carbons (Fsp3) is 0.412. The molecule has 0 saturated carbocycles. The van der Waals surface area contributed by atoms with Gasteiger partial charge in [0.15, 0.2) is 11.0 Å². The highest BCUT2D eigenvalue weighted by Gasteiger charge is 2.24. The Morgan fingerprint density at radius 2 is 2.04 bits per heavy atom. The van der Waals surface area contributed by atoms with Crippen molar-refractivity contribution >= 4 is 39.2 Å². The van der Waals surface area contributed by atoms with Gasteiger partial charge in [0.1, 0.15) is 0 Å². The summed E-state index contributed by atoms with van der Waals surface area (Å²) in [5.74, 6) is -0.518. The molecule has 7 N–H and O–H groups in total. The molecule has 0 aliphatic rings. The summed E-state index contributed by atoms with van der Waals surface area (Å²) < 4.78 is 0.933. The average molecular weight is 376 g/mol. The van der Waals surface area contributed by atoms with Crippen LogP contribution in [-0.4, -0.2) is 41.8 Å². The number of rotatable bonds is 10. The lowest BCUT2D eigenvalue weighted by molar-refractivity contribution is -0.121. The summed E-state index contributed by atoms with van der Waals surface area (Å²) in [6.07, 6.45) is 1.87. The van der Waals surface area contributed by atoms with E-state index >= 15 is 0 Å². The highest BCUT2D eigenvalue weighted by molar-refractivity contribution is 7.20. The minimum Gasteiger partial charge on any atom is -0.370 e. The van der Waals surface area contributed by atoms with Gasteiger partial charge in [0.25, 0.3) is 0 Å². The normalized spacial score (nSPS) is 11.9. The Hall–Kier alpha value is -2.52. The second-order valence-corrected chi connectivity index (χ2v) is 6.88. The number of carbonyl (C=O) groups is 2. The van der Waals surface area contributed by atoms with Crippen LogP contribution in [0.4, 0.5) is 0 Å². The van der Waals surface area contributed by atoms with Crippen LogP contribution in [0, 0.1) is 5.41 Å². The Bertz CT molecular complexity index is 742. The Labute approximate surface area is 155 Å². The molecule has 26 heavy (non-hydrogen) atoms. The third-order valence-electron chi connectivity index (χ3n) is 3.75. The van der Waals surface area contributed by atoms with Gasteiger partial charge in [-0.15, -0.1) is 11.3 Å². The van der Waals surface area contributed by atoms with Crippen molar-refractivity contribution < 1.29 is 9.59 Å². The lowest BCUT2D eigenvalue weighted by Crippen LogP contribution is -2.41. The predicted molar refractivity (Wildman–Crippen MR) is 103 cm³/mol. The quantitative estimate of drug-likeness (QED) is 0.181. The number of nitrogens with one attached hydrogen (secondary N) is 3. The van der Waals surface area contributed by atoms with Gasteiger partial charge < -0.3 is 22.1 Å². The van der Waals surface area contributed by atoms with E-state index in [1.165, 1.54) is 11.3 Å². The molecule has 0 radical (unpaired) electrons. The monoisotopic (exact) mass is 376 g/mol. The van der Waals surface area contributed by atoms with Crippen LogP contribution in [0.5, 0.6) is 0 Å². The molecule has 0 aliphatic carbocycles. The number of para-hydroxylation sites is 1. The van der Waals surface area contributed by atoms with E-state index in [-0.39, 0.29) is 24.1 Å². The standard InChI is InChI=1S/C17H24N6O2S/c18-9-3-8-14(24)22-12(6-4-10-21-17(19)20)15(25)16-23-11-5-1-2-7-13(11)26-16/h1-2,5,7,12H,3-4,6,8-10,18H2,(H,22,24)(H4,19,20,21)/t12-/m0/s1. The first-order valence-corrected chi connectivity index (χ1v) is 9.30. The molecule has 0 fully saturated rings. The summed E-state index contributed by atoms with van der Waals surface area (Å²) in [6, 6.07) is 6.88. The molecule has 1 aromatic carbocycles. The van der Waals surface area contributed by atoms with Crippen molar-refractivity contribution in [3.63, 3.8) is 0 Å². The van der Waals surface area contributed by atoms with E-state index < -0.39 is 6.04 Å². The van der Waals surface area contributed by atoms with Gasteiger partial charge in [-0.05, 0) is 37.9 Å². The first-order valence-electron chi connectivity index (χ1n) is 8.48. The third-order valence-corrected chi connectivity index (χ3v) is 4.80. The van der Waals surface area contributed by atoms with E-state index in [1.807, 2.05) is 24.3 Å². The number of carbonyl (C=O) groups excluding carboxylic acids is 2. The lowest BCUT2D eigenvalue weighted by Gasteiger charge is -2.17. The fourth-order valence-electron chi connectivity index (χ4n) is 2.45. The average Bonchev–Trinajstić information content (AvgIpc) is 3.05. The number of hydrogen-bond acceptors (Lipinski definition) is 6. The summed E-state index contributed by atoms with van der Waals surface area (Å²) in [4.78, 5) is 29.3. The maximum atomic E-state index is 12.9. The molecule has 2 aromatic rings. The van der Waals surface area contributed by atoms with Crippen molar-refractivity contribution in [3.05, 3.63) is 29.3 Å². The molecule has 2 rings (SSSR count). The van der Waals surface area contributed by atoms with Crippen LogP contribution in [-0.2, 0) is 4.79 Å². The predicted octanol–water partition coefficient (Wildman–Crippen LogP) is 0.966. The molecule has 0 saturated heterocycles. The van der Waals surface area contributed by atoms with Crippen LogP contribution in [0.2, 0.25) is 0 Å². The minimum absolute atomic E-state index is 0.119. The number of nitrogens with zero attached hydrogens (tertiary/aromatic N) is 1. The minimum atomic E-state index is -0.658. The number of nitrogens with two attached hydrogens (primary N) is 2. The van der Waals surface area contributed by atoms with E-state index in [0.717, 1.165) is 10.2 Å². The van der Waals surface area contributed by atoms with Crippen LogP contribution in [0.3, 0.4) is 0 Å². The molecule has 1 atom stereocenters. The molecule has 1 heterocycles. The van der Waals surface area contributed by atoms with Crippen LogP contribution in [0.1, 0.15) is 35.5 Å². The summed E-state index contributed by atoms with van der Waals surface area (Å²) in [5, 5.41) is 13.0. The second-order valence-electron chi connectivity index (χ2n) is 5.85. The van der Waals surface area contributed by atoms with Gasteiger partial charge >= 0.3 is 0 Å². The molecule has 8 nitrogen and oxygen atoms in total. The van der Waals surface area contributed by atoms with Gasteiger partial charge in [0.05, 0.1) is 16.3 Å². The van der Waals surface area contributed by atoms with E-state index in [4.69, 9.17) is 16.9 Å². The maximum absolute atomic E-state index is 12.9. The molecule has 0 unspecified atom stereocenters. The van der Waals surface area contributed by atoms with Crippen LogP contribution >= 0.6 is 11.3 Å². The molecule has 0 bridgehead atoms. The smallest absolute Gasteiger partial charge is 0.220 e. The Morgan fingerprint density at radius 1 is 1.27 bits per heavy atom. The highest BCUT2D eigenvalue weighted by atomic mass is 32.1. The molecule has 9 heteroatoms. The highest BCUT2D eigenvalue weighted by Crippen LogP contribution is 2.23. The van der Waals surface area contributed by atoms with E-state index in [1.54, 1.807) is 0 Å². The Morgan fingerprint density at radius 3 is 2.73 bits per heavy atom. The first kappa shape index (κ1) is 19.8. The van der Waals surface area contributed by atoms with Gasteiger partial charge in [-0.3, -0.25) is 15.0 Å². The van der Waals surface area contributed by atoms with Crippen molar-refractivity contribution in [2.45, 2.75) is 31.7 Å². The summed E-state index contributed by atoms with van der Waals surface area (Å²) in [6.45, 7) is 0.879. The number of ketones is 1. The van der Waals surface area contributed by atoms with Crippen molar-refractivity contribution in [2.24, 2.45) is 11.5 Å². The van der Waals surface area contributed by atoms with Crippen LogP contribution in [0.25, 0.3) is 10.2 Å².